The molecule has 6 N–H and O–H groups in total. The van der Waals surface area contributed by atoms with E-state index in [1.807, 2.05) is 33.8 Å². The van der Waals surface area contributed by atoms with Crippen molar-refractivity contribution in [3.05, 3.63) is 70.1 Å². The standard InChI is InChI=1S/C29H31F2N5O4S.C3H8.2C2H6.CH3NO/c30-29(31)24-5-2-1-4-22(24)23-12-19(6-7-25(23)29)13-27(38)36(18-28(8-3-9-37)39-10-11-40-28)35-15-21-14-20(17-41-21)26(32)16-34-33;1-3-2;2*1-2;2-1-3/h1-2,4-7,9,12,14,16,20,32,35H,3,8,10-11,13,15,17-18,33H2;3H2,1-2H3;2*1-2H3;1H,(H2,2,3)/b32-26?,34-16-;;;;. The normalized spacial score (nSPS) is 16.9. The van der Waals surface area contributed by atoms with Crippen molar-refractivity contribution in [3.63, 3.8) is 0 Å². The Kier molecular flexibility index (Phi) is 20.7. The summed E-state index contributed by atoms with van der Waals surface area (Å²) in [6.45, 7) is 13.3. The predicted octanol–water partition coefficient (Wildman–Crippen LogP) is 6.19. The van der Waals surface area contributed by atoms with Crippen LogP contribution >= 0.6 is 11.8 Å². The van der Waals surface area contributed by atoms with Gasteiger partial charge in [0.2, 0.25) is 12.3 Å². The average molecular weight is 733 g/mol. The highest BCUT2D eigenvalue weighted by Crippen LogP contribution is 2.51. The smallest absolute Gasteiger partial charge is 0.299 e. The van der Waals surface area contributed by atoms with Gasteiger partial charge in [0.25, 0.3) is 5.92 Å². The molecule has 2 aliphatic heterocycles. The number of hydrogen-bond donors (Lipinski definition) is 4. The fourth-order valence-electron chi connectivity index (χ4n) is 5.32. The molecule has 14 heteroatoms. The molecule has 0 radical (unpaired) electrons. The van der Waals surface area contributed by atoms with Gasteiger partial charge in [0.15, 0.2) is 5.79 Å². The fourth-order valence-corrected chi connectivity index (χ4v) is 6.42. The van der Waals surface area contributed by atoms with E-state index in [1.54, 1.807) is 42.1 Å². The number of amides is 2. The molecular weight excluding hydrogens is 679 g/mol. The third-order valence-corrected chi connectivity index (χ3v) is 8.56. The summed E-state index contributed by atoms with van der Waals surface area (Å²) in [5.74, 6) is 1.16. The number of aldehydes is 1. The zero-order valence-electron chi connectivity index (χ0n) is 30.5. The van der Waals surface area contributed by atoms with Crippen LogP contribution in [0.3, 0.4) is 0 Å². The Morgan fingerprint density at radius 1 is 1.08 bits per heavy atom. The van der Waals surface area contributed by atoms with Gasteiger partial charge in [0, 0.05) is 42.2 Å². The van der Waals surface area contributed by atoms with Gasteiger partial charge in [-0.15, -0.1) is 11.8 Å². The molecule has 11 nitrogen and oxygen atoms in total. The predicted molar refractivity (Wildman–Crippen MR) is 202 cm³/mol. The number of hydrazine groups is 1. The highest BCUT2D eigenvalue weighted by atomic mass is 32.2. The number of ether oxygens (including phenoxy) is 2. The first-order valence-corrected chi connectivity index (χ1v) is 18.2. The van der Waals surface area contributed by atoms with Crippen molar-refractivity contribution in [2.24, 2.45) is 22.6 Å². The zero-order valence-corrected chi connectivity index (χ0v) is 31.4. The third kappa shape index (κ3) is 12.6. The minimum atomic E-state index is -3.10. The first-order valence-electron chi connectivity index (χ1n) is 17.3. The summed E-state index contributed by atoms with van der Waals surface area (Å²) in [6, 6.07) is 11.0. The maximum absolute atomic E-state index is 15.0. The molecule has 3 aliphatic rings. The molecule has 2 heterocycles. The molecule has 282 valence electrons. The van der Waals surface area contributed by atoms with Gasteiger partial charge in [-0.3, -0.25) is 14.6 Å². The molecule has 0 aromatic heterocycles. The average Bonchev–Trinajstić information content (AvgIpc) is 3.86. The Labute approximate surface area is 305 Å². The number of nitrogens with two attached hydrogens (primary N) is 2. The summed E-state index contributed by atoms with van der Waals surface area (Å²) in [4.78, 5) is 34.3. The van der Waals surface area contributed by atoms with Crippen LogP contribution in [0.15, 0.2) is 58.5 Å². The monoisotopic (exact) mass is 732 g/mol. The molecule has 1 unspecified atom stereocenters. The van der Waals surface area contributed by atoms with E-state index in [0.29, 0.717) is 47.9 Å². The van der Waals surface area contributed by atoms with Crippen molar-refractivity contribution in [1.82, 2.24) is 10.4 Å². The van der Waals surface area contributed by atoms with Crippen molar-refractivity contribution in [3.8, 4) is 11.1 Å². The highest BCUT2D eigenvalue weighted by Gasteiger charge is 2.44. The second-order valence-electron chi connectivity index (χ2n) is 10.9. The van der Waals surface area contributed by atoms with E-state index < -0.39 is 11.7 Å². The van der Waals surface area contributed by atoms with Crippen LogP contribution in [0.25, 0.3) is 11.1 Å². The van der Waals surface area contributed by atoms with Gasteiger partial charge in [-0.05, 0) is 21.6 Å². The van der Waals surface area contributed by atoms with E-state index in [1.165, 1.54) is 29.8 Å². The minimum absolute atomic E-state index is 0.0303. The lowest BCUT2D eigenvalue weighted by Gasteiger charge is -2.34. The van der Waals surface area contributed by atoms with Gasteiger partial charge in [-0.25, -0.2) is 5.43 Å². The molecule has 1 fully saturated rings. The summed E-state index contributed by atoms with van der Waals surface area (Å²) in [5, 5.41) is 12.9. The Morgan fingerprint density at radius 3 is 2.29 bits per heavy atom. The zero-order chi connectivity index (χ0) is 38.5. The van der Waals surface area contributed by atoms with E-state index in [-0.39, 0.29) is 55.2 Å². The van der Waals surface area contributed by atoms with Crippen molar-refractivity contribution < 1.29 is 32.6 Å². The summed E-state index contributed by atoms with van der Waals surface area (Å²) in [7, 11) is 0. The van der Waals surface area contributed by atoms with E-state index in [9.17, 15) is 9.59 Å². The number of benzene rings is 2. The van der Waals surface area contributed by atoms with Crippen molar-refractivity contribution >= 4 is 42.3 Å². The van der Waals surface area contributed by atoms with Crippen molar-refractivity contribution in [1.29, 1.82) is 5.41 Å². The first kappa shape index (κ1) is 45.0. The van der Waals surface area contributed by atoms with Crippen LogP contribution in [0.5, 0.6) is 0 Å². The van der Waals surface area contributed by atoms with Crippen LogP contribution in [0.1, 0.15) is 77.5 Å². The summed E-state index contributed by atoms with van der Waals surface area (Å²) in [6.07, 6.45) is 5.96. The van der Waals surface area contributed by atoms with Crippen molar-refractivity contribution in [2.45, 2.75) is 78.9 Å². The largest absolute Gasteiger partial charge is 0.372 e. The molecule has 51 heavy (non-hydrogen) atoms. The number of carbonyl (C=O) groups excluding carboxylic acids is 3. The van der Waals surface area contributed by atoms with Crippen LogP contribution in [0.2, 0.25) is 0 Å². The minimum Gasteiger partial charge on any atom is -0.372 e. The molecular formula is C37H54F2N6O5S. The topological polar surface area (TPSA) is 173 Å². The number of allylic oxidation sites excluding steroid dienone is 1. The molecule has 1 saturated heterocycles. The number of hydrogen-bond acceptors (Lipinski definition) is 10. The number of nitrogens with one attached hydrogen (secondary N) is 2. The molecule has 1 aliphatic carbocycles. The lowest BCUT2D eigenvalue weighted by molar-refractivity contribution is -0.185. The van der Waals surface area contributed by atoms with E-state index in [0.717, 1.165) is 11.2 Å². The van der Waals surface area contributed by atoms with E-state index in [2.05, 4.69) is 30.1 Å². The number of carbonyl (C=O) groups is 3. The van der Waals surface area contributed by atoms with Gasteiger partial charge < -0.3 is 31.3 Å². The number of nitrogens with zero attached hydrogens (tertiary/aromatic N) is 2. The second-order valence-corrected chi connectivity index (χ2v) is 12.1. The SMILES string of the molecule is CC.CC.CCC.N=C(/C=N\N)C1C=C(CNN(CC2(CCC=O)OCCO2)C(=O)Cc2ccc3c(c2)-c2ccccc2C3(F)F)SC1.NC=O. The number of primary amides is 1. The van der Waals surface area contributed by atoms with Crippen molar-refractivity contribution in [2.75, 3.05) is 32.1 Å². The Morgan fingerprint density at radius 2 is 1.69 bits per heavy atom. The summed E-state index contributed by atoms with van der Waals surface area (Å²) in [5.41, 5.74) is 9.00. The molecule has 0 spiro atoms. The fraction of sp³-hybridized carbons (Fsp3) is 0.486. The van der Waals surface area contributed by atoms with Crippen LogP contribution < -0.4 is 17.0 Å². The lowest BCUT2D eigenvalue weighted by atomic mass is 10.0. The molecule has 2 aromatic carbocycles. The Hall–Kier alpha value is -3.98. The van der Waals surface area contributed by atoms with Gasteiger partial charge in [0.1, 0.15) is 6.29 Å². The summed E-state index contributed by atoms with van der Waals surface area (Å²) >= 11 is 1.56. The quantitative estimate of drug-likeness (QED) is 0.0866. The van der Waals surface area contributed by atoms with Gasteiger partial charge in [0.05, 0.1) is 38.1 Å². The van der Waals surface area contributed by atoms with Gasteiger partial charge in [-0.2, -0.15) is 13.9 Å². The number of halogens is 2. The molecule has 1 atom stereocenters. The maximum Gasteiger partial charge on any atom is 0.299 e. The van der Waals surface area contributed by atoms with Gasteiger partial charge >= 0.3 is 0 Å². The number of hydrazone groups is 1. The van der Waals surface area contributed by atoms with E-state index in [4.69, 9.17) is 25.5 Å². The number of thioether (sulfide) groups is 1. The third-order valence-electron chi connectivity index (χ3n) is 7.38. The Balaban J connectivity index is 0.00000118. The number of alkyl halides is 2. The molecule has 0 saturated carbocycles. The molecule has 5 rings (SSSR count). The van der Waals surface area contributed by atoms with Crippen LogP contribution in [0, 0.1) is 11.3 Å². The Bertz CT molecular complexity index is 1470. The maximum atomic E-state index is 15.0. The van der Waals surface area contributed by atoms with E-state index >= 15 is 8.78 Å². The number of fused-ring (bicyclic) bond motifs is 3. The van der Waals surface area contributed by atoms with Crippen LogP contribution in [-0.2, 0) is 36.2 Å². The lowest BCUT2D eigenvalue weighted by Crippen LogP contribution is -2.53. The van der Waals surface area contributed by atoms with Crippen LogP contribution in [-0.4, -0.2) is 73.4 Å². The second kappa shape index (κ2) is 23.5. The summed E-state index contributed by atoms with van der Waals surface area (Å²) < 4.78 is 41.8. The van der Waals surface area contributed by atoms with Gasteiger partial charge in [-0.1, -0.05) is 96.5 Å². The molecule has 2 aromatic rings. The highest BCUT2D eigenvalue weighted by molar-refractivity contribution is 8.03. The van der Waals surface area contributed by atoms with Crippen LogP contribution in [0.4, 0.5) is 8.78 Å². The molecule has 0 bridgehead atoms. The first-order chi connectivity index (χ1) is 24.6. The number of rotatable bonds is 12. The molecule has 2 amide bonds.